The molecule has 0 bridgehead atoms. The molecule has 1 unspecified atom stereocenters. The molecule has 1 fully saturated rings. The molecule has 27 heavy (non-hydrogen) atoms. The van der Waals surface area contributed by atoms with Crippen molar-refractivity contribution >= 4 is 35.1 Å². The summed E-state index contributed by atoms with van der Waals surface area (Å²) in [5.41, 5.74) is 0.577. The Morgan fingerprint density at radius 2 is 2.11 bits per heavy atom. The van der Waals surface area contributed by atoms with E-state index in [9.17, 15) is 9.59 Å². The van der Waals surface area contributed by atoms with E-state index in [1.54, 1.807) is 41.6 Å². The SMILES string of the molecule is COc1ccc(Cl)cc1N1CC(C(=O)NCCNc2ncccn2)CC1=O. The number of hydrogen-bond donors (Lipinski definition) is 2. The largest absolute Gasteiger partial charge is 0.495 e. The molecule has 0 radical (unpaired) electrons. The Kier molecular flexibility index (Phi) is 6.08. The molecule has 2 N–H and O–H groups in total. The van der Waals surface area contributed by atoms with Crippen molar-refractivity contribution in [3.8, 4) is 5.75 Å². The van der Waals surface area contributed by atoms with Gasteiger partial charge in [-0.1, -0.05) is 11.6 Å². The molecule has 1 aliphatic rings. The second-order valence-corrected chi connectivity index (χ2v) is 6.45. The minimum Gasteiger partial charge on any atom is -0.495 e. The number of nitrogens with zero attached hydrogens (tertiary/aromatic N) is 3. The van der Waals surface area contributed by atoms with Crippen LogP contribution in [-0.4, -0.2) is 48.5 Å². The summed E-state index contributed by atoms with van der Waals surface area (Å²) in [7, 11) is 1.53. The van der Waals surface area contributed by atoms with E-state index in [1.807, 2.05) is 0 Å². The maximum Gasteiger partial charge on any atom is 0.227 e. The molecule has 0 spiro atoms. The van der Waals surface area contributed by atoms with Gasteiger partial charge in [0.15, 0.2) is 0 Å². The number of benzene rings is 1. The van der Waals surface area contributed by atoms with Gasteiger partial charge in [-0.2, -0.15) is 0 Å². The van der Waals surface area contributed by atoms with Crippen LogP contribution in [0.5, 0.6) is 5.75 Å². The molecule has 0 aliphatic carbocycles. The fourth-order valence-corrected chi connectivity index (χ4v) is 3.05. The van der Waals surface area contributed by atoms with Crippen LogP contribution in [0, 0.1) is 5.92 Å². The summed E-state index contributed by atoms with van der Waals surface area (Å²) < 4.78 is 5.31. The minimum atomic E-state index is -0.422. The first-order chi connectivity index (χ1) is 13.1. The third-order valence-electron chi connectivity index (χ3n) is 4.20. The molecular formula is C18H20ClN5O3. The lowest BCUT2D eigenvalue weighted by Crippen LogP contribution is -2.35. The molecule has 2 heterocycles. The number of nitrogens with one attached hydrogen (secondary N) is 2. The van der Waals surface area contributed by atoms with Crippen LogP contribution in [0.15, 0.2) is 36.7 Å². The minimum absolute atomic E-state index is 0.133. The standard InChI is InChI=1S/C18H20ClN5O3/c1-27-15-4-3-13(19)10-14(15)24-11-12(9-16(24)25)17(26)20-7-8-23-18-21-5-2-6-22-18/h2-6,10,12H,7-9,11H2,1H3,(H,20,26)(H,21,22,23). The Morgan fingerprint density at radius 1 is 1.33 bits per heavy atom. The van der Waals surface area contributed by atoms with Gasteiger partial charge >= 0.3 is 0 Å². The third-order valence-corrected chi connectivity index (χ3v) is 4.44. The van der Waals surface area contributed by atoms with Gasteiger partial charge < -0.3 is 20.3 Å². The van der Waals surface area contributed by atoms with Crippen LogP contribution in [0.2, 0.25) is 5.02 Å². The average Bonchev–Trinajstić information content (AvgIpc) is 3.07. The Labute approximate surface area is 161 Å². The predicted octanol–water partition coefficient (Wildman–Crippen LogP) is 1.72. The number of aromatic nitrogens is 2. The molecule has 3 rings (SSSR count). The molecule has 1 saturated heterocycles. The molecule has 1 aliphatic heterocycles. The second kappa shape index (κ2) is 8.68. The molecule has 1 atom stereocenters. The highest BCUT2D eigenvalue weighted by atomic mass is 35.5. The highest BCUT2D eigenvalue weighted by Gasteiger charge is 2.36. The van der Waals surface area contributed by atoms with Gasteiger partial charge in [0.2, 0.25) is 17.8 Å². The van der Waals surface area contributed by atoms with Crippen LogP contribution in [0.1, 0.15) is 6.42 Å². The summed E-state index contributed by atoms with van der Waals surface area (Å²) in [6.45, 7) is 1.18. The molecule has 8 nitrogen and oxygen atoms in total. The van der Waals surface area contributed by atoms with Gasteiger partial charge in [0.1, 0.15) is 5.75 Å². The second-order valence-electron chi connectivity index (χ2n) is 6.01. The van der Waals surface area contributed by atoms with Gasteiger partial charge in [-0.25, -0.2) is 9.97 Å². The first kappa shape index (κ1) is 18.9. The quantitative estimate of drug-likeness (QED) is 0.700. The van der Waals surface area contributed by atoms with E-state index in [0.717, 1.165) is 0 Å². The number of rotatable bonds is 7. The van der Waals surface area contributed by atoms with E-state index < -0.39 is 5.92 Å². The van der Waals surface area contributed by atoms with Gasteiger partial charge in [-0.3, -0.25) is 9.59 Å². The van der Waals surface area contributed by atoms with Gasteiger partial charge in [0.25, 0.3) is 0 Å². The van der Waals surface area contributed by atoms with Crippen molar-refractivity contribution in [3.05, 3.63) is 41.7 Å². The first-order valence-electron chi connectivity index (χ1n) is 8.51. The topological polar surface area (TPSA) is 96.5 Å². The molecule has 1 aromatic heterocycles. The summed E-state index contributed by atoms with van der Waals surface area (Å²) in [4.78, 5) is 34.4. The molecule has 142 valence electrons. The van der Waals surface area contributed by atoms with E-state index in [1.165, 1.54) is 7.11 Å². The number of amides is 2. The molecule has 1 aromatic carbocycles. The lowest BCUT2D eigenvalue weighted by Gasteiger charge is -2.20. The number of ether oxygens (including phenoxy) is 1. The van der Waals surface area contributed by atoms with Crippen molar-refractivity contribution in [1.82, 2.24) is 15.3 Å². The summed E-state index contributed by atoms with van der Waals surface area (Å²) >= 11 is 6.04. The van der Waals surface area contributed by atoms with Crippen LogP contribution >= 0.6 is 11.6 Å². The number of hydrogen-bond acceptors (Lipinski definition) is 6. The number of anilines is 2. The molecule has 2 aromatic rings. The van der Waals surface area contributed by atoms with Crippen LogP contribution in [0.25, 0.3) is 0 Å². The van der Waals surface area contributed by atoms with Gasteiger partial charge in [0.05, 0.1) is 18.7 Å². The summed E-state index contributed by atoms with van der Waals surface area (Å²) in [6, 6.07) is 6.79. The van der Waals surface area contributed by atoms with Crippen LogP contribution < -0.4 is 20.3 Å². The summed E-state index contributed by atoms with van der Waals surface area (Å²) in [6.07, 6.45) is 3.42. The zero-order valence-electron chi connectivity index (χ0n) is 14.8. The lowest BCUT2D eigenvalue weighted by molar-refractivity contribution is -0.126. The zero-order valence-corrected chi connectivity index (χ0v) is 15.6. The molecule has 2 amide bonds. The lowest BCUT2D eigenvalue weighted by atomic mass is 10.1. The van der Waals surface area contributed by atoms with E-state index in [0.29, 0.717) is 35.5 Å². The Morgan fingerprint density at radius 3 is 2.85 bits per heavy atom. The number of carbonyl (C=O) groups excluding carboxylic acids is 2. The van der Waals surface area contributed by atoms with Crippen LogP contribution in [0.4, 0.5) is 11.6 Å². The van der Waals surface area contributed by atoms with E-state index in [2.05, 4.69) is 20.6 Å². The van der Waals surface area contributed by atoms with E-state index >= 15 is 0 Å². The first-order valence-corrected chi connectivity index (χ1v) is 8.89. The fourth-order valence-electron chi connectivity index (χ4n) is 2.88. The van der Waals surface area contributed by atoms with Crippen LogP contribution in [-0.2, 0) is 9.59 Å². The van der Waals surface area contributed by atoms with Crippen molar-refractivity contribution in [3.63, 3.8) is 0 Å². The average molecular weight is 390 g/mol. The molecule has 9 heteroatoms. The fraction of sp³-hybridized carbons (Fsp3) is 0.333. The molecular weight excluding hydrogens is 370 g/mol. The maximum atomic E-state index is 12.4. The monoisotopic (exact) mass is 389 g/mol. The van der Waals surface area contributed by atoms with Crippen LogP contribution in [0.3, 0.4) is 0 Å². The smallest absolute Gasteiger partial charge is 0.227 e. The predicted molar refractivity (Wildman–Crippen MR) is 102 cm³/mol. The van der Waals surface area contributed by atoms with Gasteiger partial charge in [0, 0.05) is 43.5 Å². The van der Waals surface area contributed by atoms with E-state index in [4.69, 9.17) is 16.3 Å². The third kappa shape index (κ3) is 4.65. The highest BCUT2D eigenvalue weighted by molar-refractivity contribution is 6.31. The van der Waals surface area contributed by atoms with Crippen molar-refractivity contribution in [2.75, 3.05) is 37.0 Å². The van der Waals surface area contributed by atoms with Crippen molar-refractivity contribution < 1.29 is 14.3 Å². The Bertz CT molecular complexity index is 818. The summed E-state index contributed by atoms with van der Waals surface area (Å²) in [5.74, 6) is 0.325. The molecule has 0 saturated carbocycles. The number of halogens is 1. The van der Waals surface area contributed by atoms with Crippen molar-refractivity contribution in [1.29, 1.82) is 0 Å². The number of carbonyl (C=O) groups is 2. The Balaban J connectivity index is 1.54. The van der Waals surface area contributed by atoms with Gasteiger partial charge in [-0.05, 0) is 24.3 Å². The van der Waals surface area contributed by atoms with Crippen molar-refractivity contribution in [2.24, 2.45) is 5.92 Å². The normalized spacial score (nSPS) is 16.3. The van der Waals surface area contributed by atoms with E-state index in [-0.39, 0.29) is 24.8 Å². The highest BCUT2D eigenvalue weighted by Crippen LogP contribution is 2.35. The van der Waals surface area contributed by atoms with Gasteiger partial charge in [-0.15, -0.1) is 0 Å². The van der Waals surface area contributed by atoms with Crippen molar-refractivity contribution in [2.45, 2.75) is 6.42 Å². The maximum absolute atomic E-state index is 12.4. The number of methoxy groups -OCH3 is 1. The zero-order chi connectivity index (χ0) is 19.2. The Hall–Kier alpha value is -2.87. The summed E-state index contributed by atoms with van der Waals surface area (Å²) in [5, 5.41) is 6.34.